The van der Waals surface area contributed by atoms with Gasteiger partial charge < -0.3 is 11.1 Å². The molecule has 0 saturated heterocycles. The number of hydrogen-bond donors (Lipinski definition) is 2. The van der Waals surface area contributed by atoms with Crippen LogP contribution < -0.4 is 11.1 Å². The normalized spacial score (nSPS) is 12.9. The van der Waals surface area contributed by atoms with E-state index in [9.17, 15) is 0 Å². The highest BCUT2D eigenvalue weighted by atomic mass is 35.5. The summed E-state index contributed by atoms with van der Waals surface area (Å²) in [5, 5.41) is 4.40. The van der Waals surface area contributed by atoms with Gasteiger partial charge in [0, 0.05) is 19.1 Å². The lowest BCUT2D eigenvalue weighted by molar-refractivity contribution is 0.608. The van der Waals surface area contributed by atoms with Crippen LogP contribution in [0.15, 0.2) is 18.2 Å². The molecule has 1 rings (SSSR count). The fraction of sp³-hybridized carbons (Fsp3) is 0.400. The van der Waals surface area contributed by atoms with Crippen LogP contribution in [0.2, 0.25) is 10.0 Å². The van der Waals surface area contributed by atoms with Crippen LogP contribution in [-0.2, 0) is 6.54 Å². The van der Waals surface area contributed by atoms with E-state index in [1.807, 2.05) is 19.1 Å². The molecule has 0 saturated carbocycles. The van der Waals surface area contributed by atoms with Crippen LogP contribution in [0.3, 0.4) is 0 Å². The Morgan fingerprint density at radius 2 is 2.07 bits per heavy atom. The lowest BCUT2D eigenvalue weighted by Gasteiger charge is -2.08. The molecule has 0 radical (unpaired) electrons. The van der Waals surface area contributed by atoms with Crippen LogP contribution in [0.1, 0.15) is 12.5 Å². The van der Waals surface area contributed by atoms with Crippen molar-refractivity contribution in [3.63, 3.8) is 0 Å². The maximum atomic E-state index is 5.87. The van der Waals surface area contributed by atoms with Crippen molar-refractivity contribution in [2.75, 3.05) is 6.54 Å². The molecule has 1 aromatic rings. The Morgan fingerprint density at radius 1 is 1.36 bits per heavy atom. The van der Waals surface area contributed by atoms with Crippen LogP contribution in [0.4, 0.5) is 0 Å². The zero-order valence-electron chi connectivity index (χ0n) is 8.06. The van der Waals surface area contributed by atoms with Gasteiger partial charge >= 0.3 is 0 Å². The van der Waals surface area contributed by atoms with Crippen LogP contribution in [-0.4, -0.2) is 12.6 Å². The fourth-order valence-corrected chi connectivity index (χ4v) is 1.41. The number of nitrogens with two attached hydrogens (primary N) is 1. The predicted molar refractivity (Wildman–Crippen MR) is 61.8 cm³/mol. The topological polar surface area (TPSA) is 38.0 Å². The van der Waals surface area contributed by atoms with Gasteiger partial charge in [0.05, 0.1) is 10.0 Å². The molecule has 1 atom stereocenters. The SMILES string of the molecule is CC(N)CNCc1ccc(Cl)c(Cl)c1. The average molecular weight is 233 g/mol. The van der Waals surface area contributed by atoms with E-state index >= 15 is 0 Å². The van der Waals surface area contributed by atoms with Crippen molar-refractivity contribution >= 4 is 23.2 Å². The van der Waals surface area contributed by atoms with E-state index < -0.39 is 0 Å². The molecule has 0 aliphatic carbocycles. The maximum Gasteiger partial charge on any atom is 0.0595 e. The van der Waals surface area contributed by atoms with E-state index in [1.54, 1.807) is 6.07 Å². The molecule has 78 valence electrons. The van der Waals surface area contributed by atoms with E-state index in [0.717, 1.165) is 18.7 Å². The standard InChI is InChI=1S/C10H14Cl2N2/c1-7(13)5-14-6-8-2-3-9(11)10(12)4-8/h2-4,7,14H,5-6,13H2,1H3. The minimum Gasteiger partial charge on any atom is -0.327 e. The van der Waals surface area contributed by atoms with Gasteiger partial charge in [-0.1, -0.05) is 29.3 Å². The highest BCUT2D eigenvalue weighted by Crippen LogP contribution is 2.22. The highest BCUT2D eigenvalue weighted by molar-refractivity contribution is 6.42. The van der Waals surface area contributed by atoms with Crippen molar-refractivity contribution in [1.29, 1.82) is 0 Å². The first-order chi connectivity index (χ1) is 6.59. The van der Waals surface area contributed by atoms with Gasteiger partial charge in [0.2, 0.25) is 0 Å². The first kappa shape index (κ1) is 11.8. The Kier molecular flexibility index (Phi) is 4.69. The van der Waals surface area contributed by atoms with Crippen molar-refractivity contribution in [1.82, 2.24) is 5.32 Å². The van der Waals surface area contributed by atoms with Crippen LogP contribution in [0, 0.1) is 0 Å². The van der Waals surface area contributed by atoms with Gasteiger partial charge in [0.1, 0.15) is 0 Å². The summed E-state index contributed by atoms with van der Waals surface area (Å²) in [6.45, 7) is 3.51. The van der Waals surface area contributed by atoms with Gasteiger partial charge in [-0.25, -0.2) is 0 Å². The monoisotopic (exact) mass is 232 g/mol. The summed E-state index contributed by atoms with van der Waals surface area (Å²) in [6.07, 6.45) is 0. The molecule has 3 N–H and O–H groups in total. The molecule has 14 heavy (non-hydrogen) atoms. The summed E-state index contributed by atoms with van der Waals surface area (Å²) in [5.41, 5.74) is 6.71. The molecule has 0 spiro atoms. The Balaban J connectivity index is 2.47. The third-order valence-electron chi connectivity index (χ3n) is 1.78. The summed E-state index contributed by atoms with van der Waals surface area (Å²) in [5.74, 6) is 0. The Hall–Kier alpha value is -0.280. The minimum atomic E-state index is 0.165. The number of halogens is 2. The van der Waals surface area contributed by atoms with E-state index in [1.165, 1.54) is 0 Å². The van der Waals surface area contributed by atoms with E-state index in [2.05, 4.69) is 5.32 Å². The lowest BCUT2D eigenvalue weighted by Crippen LogP contribution is -2.30. The third kappa shape index (κ3) is 3.84. The predicted octanol–water partition coefficient (Wildman–Crippen LogP) is 2.43. The molecule has 0 aliphatic rings. The smallest absolute Gasteiger partial charge is 0.0595 e. The second kappa shape index (κ2) is 5.56. The Labute approximate surface area is 94.4 Å². The molecule has 1 aromatic carbocycles. The zero-order valence-corrected chi connectivity index (χ0v) is 9.57. The number of hydrogen-bond acceptors (Lipinski definition) is 2. The van der Waals surface area contributed by atoms with Gasteiger partial charge in [-0.2, -0.15) is 0 Å². The molecule has 4 heteroatoms. The number of rotatable bonds is 4. The summed E-state index contributed by atoms with van der Waals surface area (Å²) >= 11 is 11.7. The zero-order chi connectivity index (χ0) is 10.6. The van der Waals surface area contributed by atoms with Gasteiger partial charge in [-0.15, -0.1) is 0 Å². The average Bonchev–Trinajstić information content (AvgIpc) is 2.10. The minimum absolute atomic E-state index is 0.165. The van der Waals surface area contributed by atoms with Crippen molar-refractivity contribution < 1.29 is 0 Å². The summed E-state index contributed by atoms with van der Waals surface area (Å²) < 4.78 is 0. The van der Waals surface area contributed by atoms with Crippen molar-refractivity contribution in [2.24, 2.45) is 5.73 Å². The van der Waals surface area contributed by atoms with Gasteiger partial charge in [0.15, 0.2) is 0 Å². The summed E-state index contributed by atoms with van der Waals surface area (Å²) in [7, 11) is 0. The van der Waals surface area contributed by atoms with Crippen LogP contribution >= 0.6 is 23.2 Å². The molecule has 0 bridgehead atoms. The highest BCUT2D eigenvalue weighted by Gasteiger charge is 1.99. The summed E-state index contributed by atoms with van der Waals surface area (Å²) in [6, 6.07) is 5.77. The Bertz CT molecular complexity index is 300. The molecule has 0 aromatic heterocycles. The van der Waals surface area contributed by atoms with Crippen LogP contribution in [0.5, 0.6) is 0 Å². The molecular formula is C10H14Cl2N2. The first-order valence-corrected chi connectivity index (χ1v) is 5.25. The van der Waals surface area contributed by atoms with E-state index in [0.29, 0.717) is 10.0 Å². The quantitative estimate of drug-likeness (QED) is 0.838. The van der Waals surface area contributed by atoms with E-state index in [-0.39, 0.29) is 6.04 Å². The molecule has 0 fully saturated rings. The number of benzene rings is 1. The molecule has 0 heterocycles. The second-order valence-electron chi connectivity index (χ2n) is 3.36. The largest absolute Gasteiger partial charge is 0.327 e. The summed E-state index contributed by atoms with van der Waals surface area (Å²) in [4.78, 5) is 0. The second-order valence-corrected chi connectivity index (χ2v) is 4.17. The fourth-order valence-electron chi connectivity index (χ4n) is 1.09. The molecule has 0 amide bonds. The van der Waals surface area contributed by atoms with Crippen molar-refractivity contribution in [3.8, 4) is 0 Å². The van der Waals surface area contributed by atoms with Crippen molar-refractivity contribution in [3.05, 3.63) is 33.8 Å². The lowest BCUT2D eigenvalue weighted by atomic mass is 10.2. The molecule has 1 unspecified atom stereocenters. The van der Waals surface area contributed by atoms with Gasteiger partial charge in [0.25, 0.3) is 0 Å². The maximum absolute atomic E-state index is 5.87. The van der Waals surface area contributed by atoms with E-state index in [4.69, 9.17) is 28.9 Å². The van der Waals surface area contributed by atoms with Crippen molar-refractivity contribution in [2.45, 2.75) is 19.5 Å². The third-order valence-corrected chi connectivity index (χ3v) is 2.52. The molecule has 2 nitrogen and oxygen atoms in total. The van der Waals surface area contributed by atoms with Gasteiger partial charge in [-0.3, -0.25) is 0 Å². The Morgan fingerprint density at radius 3 is 2.64 bits per heavy atom. The molecule has 0 aliphatic heterocycles. The molecular weight excluding hydrogens is 219 g/mol. The van der Waals surface area contributed by atoms with Crippen LogP contribution in [0.25, 0.3) is 0 Å². The van der Waals surface area contributed by atoms with Gasteiger partial charge in [-0.05, 0) is 24.6 Å². The number of nitrogens with one attached hydrogen (secondary N) is 1. The first-order valence-electron chi connectivity index (χ1n) is 4.50.